The van der Waals surface area contributed by atoms with Crippen LogP contribution in [0.3, 0.4) is 0 Å². The zero-order chi connectivity index (χ0) is 9.80. The van der Waals surface area contributed by atoms with Crippen LogP contribution in [0.5, 0.6) is 11.5 Å². The second-order valence-electron chi connectivity index (χ2n) is 2.89. The van der Waals surface area contributed by atoms with Gasteiger partial charge < -0.3 is 10.5 Å². The summed E-state index contributed by atoms with van der Waals surface area (Å²) in [7, 11) is 0. The number of anilines is 1. The maximum Gasteiger partial charge on any atom is 0.137 e. The minimum Gasteiger partial charge on any atom is -0.457 e. The molecule has 0 fully saturated rings. The largest absolute Gasteiger partial charge is 0.457 e. The Morgan fingerprint density at radius 2 is 1.71 bits per heavy atom. The third-order valence-corrected chi connectivity index (χ3v) is 1.76. The van der Waals surface area contributed by atoms with Crippen molar-refractivity contribution in [1.82, 2.24) is 0 Å². The number of benzene rings is 2. The Morgan fingerprint density at radius 3 is 2.43 bits per heavy atom. The molecule has 0 aliphatic rings. The Balaban J connectivity index is 2.19. The molecule has 14 heavy (non-hydrogen) atoms. The van der Waals surface area contributed by atoms with Crippen LogP contribution in [0.4, 0.5) is 5.69 Å². The minimum absolute atomic E-state index is 0.582. The van der Waals surface area contributed by atoms with E-state index in [9.17, 15) is 0 Å². The van der Waals surface area contributed by atoms with Crippen molar-refractivity contribution in [2.45, 2.75) is 0 Å². The number of nitrogens with two attached hydrogens (primary N) is 1. The quantitative estimate of drug-likeness (QED) is 0.728. The van der Waals surface area contributed by atoms with Crippen LogP contribution in [-0.4, -0.2) is 0 Å². The molecule has 0 atom stereocenters. The molecule has 0 amide bonds. The van der Waals surface area contributed by atoms with E-state index in [0.29, 0.717) is 11.4 Å². The maximum atomic E-state index is 5.58. The van der Waals surface area contributed by atoms with Crippen LogP contribution in [0.2, 0.25) is 0 Å². The van der Waals surface area contributed by atoms with Crippen LogP contribution >= 0.6 is 0 Å². The van der Waals surface area contributed by atoms with Crippen molar-refractivity contribution in [2.24, 2.45) is 0 Å². The summed E-state index contributed by atoms with van der Waals surface area (Å²) >= 11 is 0. The molecule has 2 N–H and O–H groups in total. The summed E-state index contributed by atoms with van der Waals surface area (Å²) in [6, 6.07) is 17.9. The zero-order valence-electron chi connectivity index (χ0n) is 7.60. The fraction of sp³-hybridized carbons (Fsp3) is 0. The molecule has 2 rings (SSSR count). The molecule has 1 radical (unpaired) electrons. The summed E-state index contributed by atoms with van der Waals surface area (Å²) in [6.07, 6.45) is 0. The van der Waals surface area contributed by atoms with E-state index < -0.39 is 0 Å². The van der Waals surface area contributed by atoms with Crippen LogP contribution in [0.15, 0.2) is 48.5 Å². The molecule has 0 spiro atoms. The van der Waals surface area contributed by atoms with Crippen molar-refractivity contribution in [3.05, 3.63) is 54.6 Å². The van der Waals surface area contributed by atoms with Crippen molar-refractivity contribution < 1.29 is 4.74 Å². The van der Waals surface area contributed by atoms with Gasteiger partial charge in [-0.25, -0.2) is 0 Å². The minimum atomic E-state index is 0.582. The molecule has 0 saturated heterocycles. The second kappa shape index (κ2) is 3.83. The molecule has 0 aliphatic heterocycles. The molecule has 0 unspecified atom stereocenters. The van der Waals surface area contributed by atoms with E-state index in [0.717, 1.165) is 5.75 Å². The molecular formula is C12H10NO. The molecule has 2 aromatic carbocycles. The van der Waals surface area contributed by atoms with Crippen LogP contribution in [0, 0.1) is 6.07 Å². The van der Waals surface area contributed by atoms with Crippen molar-refractivity contribution in [3.8, 4) is 11.5 Å². The van der Waals surface area contributed by atoms with E-state index in [1.165, 1.54) is 0 Å². The van der Waals surface area contributed by atoms with Gasteiger partial charge in [0.2, 0.25) is 0 Å². The summed E-state index contributed by atoms with van der Waals surface area (Å²) in [6.45, 7) is 0. The number of hydrogen-bond donors (Lipinski definition) is 1. The Kier molecular flexibility index (Phi) is 2.36. The van der Waals surface area contributed by atoms with E-state index in [1.54, 1.807) is 6.07 Å². The van der Waals surface area contributed by atoms with Gasteiger partial charge in [0.1, 0.15) is 11.5 Å². The molecule has 69 valence electrons. The SMILES string of the molecule is Nc1[c]c(Oc2ccccc2)ccc1. The number of ether oxygens (including phenoxy) is 1. The first-order chi connectivity index (χ1) is 6.84. The van der Waals surface area contributed by atoms with E-state index in [-0.39, 0.29) is 0 Å². The van der Waals surface area contributed by atoms with E-state index in [4.69, 9.17) is 10.5 Å². The van der Waals surface area contributed by atoms with E-state index >= 15 is 0 Å². The highest BCUT2D eigenvalue weighted by atomic mass is 16.5. The standard InChI is InChI=1S/C12H10NO/c13-10-5-4-8-12(9-10)14-11-6-2-1-3-7-11/h1-8H,13H2. The van der Waals surface area contributed by atoms with Crippen LogP contribution < -0.4 is 10.5 Å². The van der Waals surface area contributed by atoms with Crippen molar-refractivity contribution >= 4 is 5.69 Å². The number of nitrogen functional groups attached to an aromatic ring is 1. The Bertz CT molecular complexity index is 412. The summed E-state index contributed by atoms with van der Waals surface area (Å²) < 4.78 is 5.52. The van der Waals surface area contributed by atoms with Gasteiger partial charge in [0.05, 0.1) is 6.07 Å². The second-order valence-corrected chi connectivity index (χ2v) is 2.89. The Morgan fingerprint density at radius 1 is 0.929 bits per heavy atom. The number of para-hydroxylation sites is 1. The molecule has 0 aliphatic carbocycles. The monoisotopic (exact) mass is 184 g/mol. The van der Waals surface area contributed by atoms with Crippen LogP contribution in [0.25, 0.3) is 0 Å². The van der Waals surface area contributed by atoms with Crippen molar-refractivity contribution in [1.29, 1.82) is 0 Å². The van der Waals surface area contributed by atoms with Gasteiger partial charge >= 0.3 is 0 Å². The highest BCUT2D eigenvalue weighted by Gasteiger charge is 1.96. The fourth-order valence-corrected chi connectivity index (χ4v) is 1.14. The Labute approximate surface area is 82.9 Å². The highest BCUT2D eigenvalue weighted by Crippen LogP contribution is 2.21. The van der Waals surface area contributed by atoms with Crippen molar-refractivity contribution in [2.75, 3.05) is 5.73 Å². The predicted molar refractivity (Wildman–Crippen MR) is 56.2 cm³/mol. The predicted octanol–water partition coefficient (Wildman–Crippen LogP) is 2.86. The van der Waals surface area contributed by atoms with Gasteiger partial charge in [-0.1, -0.05) is 24.3 Å². The first kappa shape index (κ1) is 8.63. The van der Waals surface area contributed by atoms with Gasteiger partial charge in [0.25, 0.3) is 0 Å². The van der Waals surface area contributed by atoms with Crippen LogP contribution in [-0.2, 0) is 0 Å². The smallest absolute Gasteiger partial charge is 0.137 e. The molecule has 2 heteroatoms. The third kappa shape index (κ3) is 2.04. The van der Waals surface area contributed by atoms with E-state index in [1.807, 2.05) is 42.5 Å². The summed E-state index contributed by atoms with van der Waals surface area (Å²) in [5, 5.41) is 0. The lowest BCUT2D eigenvalue weighted by molar-refractivity contribution is 0.482. The summed E-state index contributed by atoms with van der Waals surface area (Å²) in [4.78, 5) is 0. The average Bonchev–Trinajstić information content (AvgIpc) is 2.19. The molecule has 0 saturated carbocycles. The van der Waals surface area contributed by atoms with Crippen molar-refractivity contribution in [3.63, 3.8) is 0 Å². The van der Waals surface area contributed by atoms with Crippen LogP contribution in [0.1, 0.15) is 0 Å². The lowest BCUT2D eigenvalue weighted by atomic mass is 10.3. The number of hydrogen-bond acceptors (Lipinski definition) is 2. The van der Waals surface area contributed by atoms with Gasteiger partial charge in [-0.2, -0.15) is 0 Å². The lowest BCUT2D eigenvalue weighted by Gasteiger charge is -2.04. The topological polar surface area (TPSA) is 35.2 Å². The fourth-order valence-electron chi connectivity index (χ4n) is 1.14. The van der Waals surface area contributed by atoms with Gasteiger partial charge in [0.15, 0.2) is 0 Å². The molecule has 0 heterocycles. The van der Waals surface area contributed by atoms with Gasteiger partial charge in [-0.15, -0.1) is 0 Å². The summed E-state index contributed by atoms with van der Waals surface area (Å²) in [5.74, 6) is 1.42. The third-order valence-electron chi connectivity index (χ3n) is 1.76. The summed E-state index contributed by atoms with van der Waals surface area (Å²) in [5.41, 5.74) is 6.16. The zero-order valence-corrected chi connectivity index (χ0v) is 7.60. The maximum absolute atomic E-state index is 5.58. The van der Waals surface area contributed by atoms with E-state index in [2.05, 4.69) is 6.07 Å². The first-order valence-electron chi connectivity index (χ1n) is 4.35. The molecule has 2 aromatic rings. The number of rotatable bonds is 2. The molecule has 0 bridgehead atoms. The average molecular weight is 184 g/mol. The van der Waals surface area contributed by atoms with Gasteiger partial charge in [-0.3, -0.25) is 0 Å². The molecule has 2 nitrogen and oxygen atoms in total. The highest BCUT2D eigenvalue weighted by molar-refractivity contribution is 5.43. The van der Waals surface area contributed by atoms with Gasteiger partial charge in [0, 0.05) is 5.69 Å². The lowest BCUT2D eigenvalue weighted by Crippen LogP contribution is -1.87. The normalized spacial score (nSPS) is 9.71. The first-order valence-corrected chi connectivity index (χ1v) is 4.35. The molecular weight excluding hydrogens is 174 g/mol. The molecule has 0 aromatic heterocycles. The Hall–Kier alpha value is -1.96. The van der Waals surface area contributed by atoms with Gasteiger partial charge in [-0.05, 0) is 24.3 Å².